The first kappa shape index (κ1) is 13.9. The van der Waals surface area contributed by atoms with Gasteiger partial charge in [-0.05, 0) is 13.3 Å². The van der Waals surface area contributed by atoms with Crippen LogP contribution in [0.1, 0.15) is 46.5 Å². The molecule has 0 aliphatic rings. The molecular weight excluding hydrogens is 190 g/mol. The average Bonchev–Trinajstić information content (AvgIpc) is 2.20. The highest BCUT2D eigenvalue weighted by atomic mass is 16.1. The Morgan fingerprint density at radius 1 is 1.20 bits per heavy atom. The molecular formula is C11H23N3O. The van der Waals surface area contributed by atoms with E-state index < -0.39 is 0 Å². The average molecular weight is 213 g/mol. The molecule has 88 valence electrons. The molecule has 0 radical (unpaired) electrons. The van der Waals surface area contributed by atoms with Gasteiger partial charge in [-0.2, -0.15) is 5.10 Å². The minimum atomic E-state index is -0.0208. The zero-order valence-corrected chi connectivity index (χ0v) is 10.1. The fourth-order valence-corrected chi connectivity index (χ4v) is 1.11. The van der Waals surface area contributed by atoms with Crippen LogP contribution in [0.2, 0.25) is 0 Å². The number of hydrogen-bond donors (Lipinski definition) is 2. The molecule has 0 heterocycles. The van der Waals surface area contributed by atoms with E-state index in [2.05, 4.69) is 22.8 Å². The fraction of sp³-hybridized carbons (Fsp3) is 0.818. The summed E-state index contributed by atoms with van der Waals surface area (Å²) in [4.78, 5) is 10.6. The lowest BCUT2D eigenvalue weighted by molar-refractivity contribution is -0.118. The topological polar surface area (TPSA) is 53.5 Å². The van der Waals surface area contributed by atoms with Crippen molar-refractivity contribution in [2.45, 2.75) is 46.5 Å². The van der Waals surface area contributed by atoms with E-state index in [1.54, 1.807) is 0 Å². The van der Waals surface area contributed by atoms with Crippen LogP contribution in [0.15, 0.2) is 5.10 Å². The summed E-state index contributed by atoms with van der Waals surface area (Å²) in [6.45, 7) is 7.04. The van der Waals surface area contributed by atoms with E-state index in [0.29, 0.717) is 6.54 Å². The Bertz CT molecular complexity index is 202. The second kappa shape index (κ2) is 9.49. The molecule has 0 atom stereocenters. The first-order valence-electron chi connectivity index (χ1n) is 5.67. The Hall–Kier alpha value is -1.06. The van der Waals surface area contributed by atoms with Crippen molar-refractivity contribution >= 4 is 11.6 Å². The summed E-state index contributed by atoms with van der Waals surface area (Å²) >= 11 is 0. The van der Waals surface area contributed by atoms with Gasteiger partial charge in [-0.3, -0.25) is 4.79 Å². The first-order valence-corrected chi connectivity index (χ1v) is 5.67. The van der Waals surface area contributed by atoms with Crippen LogP contribution >= 0.6 is 0 Å². The second-order valence-corrected chi connectivity index (χ2v) is 3.73. The highest BCUT2D eigenvalue weighted by molar-refractivity contribution is 5.87. The van der Waals surface area contributed by atoms with Crippen LogP contribution in [0.5, 0.6) is 0 Å². The Balaban J connectivity index is 3.37. The molecule has 0 aromatic rings. The van der Waals surface area contributed by atoms with E-state index in [4.69, 9.17) is 0 Å². The van der Waals surface area contributed by atoms with Crippen molar-refractivity contribution in [3.63, 3.8) is 0 Å². The Kier molecular flexibility index (Phi) is 8.82. The van der Waals surface area contributed by atoms with Crippen LogP contribution < -0.4 is 10.7 Å². The third kappa shape index (κ3) is 10.9. The molecule has 0 aliphatic heterocycles. The molecule has 0 rings (SSSR count). The van der Waals surface area contributed by atoms with Crippen LogP contribution in [-0.2, 0) is 4.79 Å². The number of unbranched alkanes of at least 4 members (excludes halogenated alkanes) is 3. The molecule has 0 aliphatic carbocycles. The van der Waals surface area contributed by atoms with Crippen LogP contribution in [0, 0.1) is 0 Å². The summed E-state index contributed by atoms with van der Waals surface area (Å²) < 4.78 is 0. The molecule has 0 bridgehead atoms. The zero-order chi connectivity index (χ0) is 11.5. The van der Waals surface area contributed by atoms with Gasteiger partial charge in [-0.15, -0.1) is 0 Å². The van der Waals surface area contributed by atoms with Gasteiger partial charge in [-0.25, -0.2) is 0 Å². The summed E-state index contributed by atoms with van der Waals surface area (Å²) in [5.74, 6) is -0.0208. The van der Waals surface area contributed by atoms with Crippen molar-refractivity contribution in [1.29, 1.82) is 0 Å². The van der Waals surface area contributed by atoms with Crippen molar-refractivity contribution < 1.29 is 4.79 Å². The molecule has 0 aromatic heterocycles. The zero-order valence-electron chi connectivity index (χ0n) is 10.1. The van der Waals surface area contributed by atoms with Crippen LogP contribution in [-0.4, -0.2) is 24.7 Å². The van der Waals surface area contributed by atoms with Crippen molar-refractivity contribution in [2.24, 2.45) is 5.10 Å². The van der Waals surface area contributed by atoms with E-state index in [9.17, 15) is 4.79 Å². The van der Waals surface area contributed by atoms with Gasteiger partial charge in [0.1, 0.15) is 0 Å². The normalized spacial score (nSPS) is 11.3. The minimum absolute atomic E-state index is 0.0208. The number of rotatable bonds is 8. The van der Waals surface area contributed by atoms with Crippen molar-refractivity contribution in [1.82, 2.24) is 10.7 Å². The lowest BCUT2D eigenvalue weighted by atomic mass is 10.2. The highest BCUT2D eigenvalue weighted by Gasteiger charge is 1.93. The number of carbonyl (C=O) groups excluding carboxylic acids is 1. The Morgan fingerprint density at radius 2 is 1.93 bits per heavy atom. The van der Waals surface area contributed by atoms with Crippen LogP contribution in [0.3, 0.4) is 0 Å². The van der Waals surface area contributed by atoms with Gasteiger partial charge in [0, 0.05) is 13.5 Å². The van der Waals surface area contributed by atoms with Gasteiger partial charge in [0.05, 0.1) is 12.3 Å². The maximum absolute atomic E-state index is 10.6. The van der Waals surface area contributed by atoms with E-state index in [1.807, 2.05) is 6.92 Å². The van der Waals surface area contributed by atoms with Gasteiger partial charge in [0.15, 0.2) is 0 Å². The summed E-state index contributed by atoms with van der Waals surface area (Å²) in [5.41, 5.74) is 3.91. The highest BCUT2D eigenvalue weighted by Crippen LogP contribution is 1.96. The lowest BCUT2D eigenvalue weighted by Crippen LogP contribution is -2.27. The van der Waals surface area contributed by atoms with E-state index in [0.717, 1.165) is 18.7 Å². The largest absolute Gasteiger partial charge is 0.351 e. The number of carbonyl (C=O) groups is 1. The molecule has 0 aromatic carbocycles. The summed E-state index contributed by atoms with van der Waals surface area (Å²) in [6, 6.07) is 0. The van der Waals surface area contributed by atoms with Crippen molar-refractivity contribution in [3.8, 4) is 0 Å². The molecule has 0 unspecified atom stereocenters. The van der Waals surface area contributed by atoms with Gasteiger partial charge in [-0.1, -0.05) is 26.2 Å². The predicted molar refractivity (Wildman–Crippen MR) is 63.9 cm³/mol. The minimum Gasteiger partial charge on any atom is -0.351 e. The van der Waals surface area contributed by atoms with Gasteiger partial charge in [0.25, 0.3) is 0 Å². The molecule has 1 amide bonds. The quantitative estimate of drug-likeness (QED) is 0.366. The molecule has 0 saturated carbocycles. The molecule has 0 spiro atoms. The maximum atomic E-state index is 10.6. The molecule has 0 saturated heterocycles. The molecule has 4 heteroatoms. The SMILES string of the molecule is CCCCCCNN=C(C)CNC(C)=O. The first-order chi connectivity index (χ1) is 7.16. The van der Waals surface area contributed by atoms with Gasteiger partial charge >= 0.3 is 0 Å². The number of amides is 1. The summed E-state index contributed by atoms with van der Waals surface area (Å²) in [5, 5.41) is 6.84. The molecule has 4 nitrogen and oxygen atoms in total. The molecule has 15 heavy (non-hydrogen) atoms. The molecule has 2 N–H and O–H groups in total. The Labute approximate surface area is 92.5 Å². The maximum Gasteiger partial charge on any atom is 0.217 e. The molecule has 0 fully saturated rings. The number of nitrogens with one attached hydrogen (secondary N) is 2. The van der Waals surface area contributed by atoms with Crippen molar-refractivity contribution in [2.75, 3.05) is 13.1 Å². The monoisotopic (exact) mass is 213 g/mol. The van der Waals surface area contributed by atoms with Gasteiger partial charge < -0.3 is 10.7 Å². The van der Waals surface area contributed by atoms with Crippen LogP contribution in [0.25, 0.3) is 0 Å². The summed E-state index contributed by atoms with van der Waals surface area (Å²) in [6.07, 6.45) is 4.95. The Morgan fingerprint density at radius 3 is 2.53 bits per heavy atom. The fourth-order valence-electron chi connectivity index (χ4n) is 1.11. The van der Waals surface area contributed by atoms with Crippen LogP contribution in [0.4, 0.5) is 0 Å². The third-order valence-electron chi connectivity index (χ3n) is 2.01. The number of hydrazone groups is 1. The third-order valence-corrected chi connectivity index (χ3v) is 2.01. The number of nitrogens with zero attached hydrogens (tertiary/aromatic N) is 1. The van der Waals surface area contributed by atoms with E-state index >= 15 is 0 Å². The van der Waals surface area contributed by atoms with Crippen molar-refractivity contribution in [3.05, 3.63) is 0 Å². The predicted octanol–water partition coefficient (Wildman–Crippen LogP) is 1.67. The van der Waals surface area contributed by atoms with E-state index in [1.165, 1.54) is 26.2 Å². The number of hydrogen-bond acceptors (Lipinski definition) is 3. The lowest BCUT2D eigenvalue weighted by Gasteiger charge is -2.03. The standard InChI is InChI=1S/C11H23N3O/c1-4-5-6-7-8-13-14-10(2)9-12-11(3)15/h13H,4-9H2,1-3H3,(H,12,15). The van der Waals surface area contributed by atoms with Gasteiger partial charge in [0.2, 0.25) is 5.91 Å². The smallest absolute Gasteiger partial charge is 0.217 e. The van der Waals surface area contributed by atoms with E-state index in [-0.39, 0.29) is 5.91 Å². The summed E-state index contributed by atoms with van der Waals surface area (Å²) in [7, 11) is 0. The second-order valence-electron chi connectivity index (χ2n) is 3.73.